The second kappa shape index (κ2) is 6.26. The Morgan fingerprint density at radius 1 is 1.19 bits per heavy atom. The highest BCUT2D eigenvalue weighted by molar-refractivity contribution is 5.93. The molecule has 2 saturated carbocycles. The van der Waals surface area contributed by atoms with Crippen molar-refractivity contribution in [1.29, 1.82) is 0 Å². The van der Waals surface area contributed by atoms with E-state index in [4.69, 9.17) is 10.5 Å². The molecule has 2 fully saturated rings. The number of primary amides is 1. The molecular formula is C15H16F7N3O2. The van der Waals surface area contributed by atoms with Crippen molar-refractivity contribution < 1.29 is 40.3 Å². The summed E-state index contributed by atoms with van der Waals surface area (Å²) < 4.78 is 98.3. The van der Waals surface area contributed by atoms with E-state index in [0.717, 1.165) is 0 Å². The van der Waals surface area contributed by atoms with Crippen LogP contribution in [0.3, 0.4) is 0 Å². The molecule has 2 N–H and O–H groups in total. The summed E-state index contributed by atoms with van der Waals surface area (Å²) in [7, 11) is 0. The van der Waals surface area contributed by atoms with E-state index < -0.39 is 78.8 Å². The van der Waals surface area contributed by atoms with Gasteiger partial charge in [0, 0.05) is 32.2 Å². The van der Waals surface area contributed by atoms with Gasteiger partial charge in [-0.25, -0.2) is 17.6 Å². The maximum absolute atomic E-state index is 13.4. The third-order valence-electron chi connectivity index (χ3n) is 4.70. The first-order valence-corrected chi connectivity index (χ1v) is 8.17. The Hall–Kier alpha value is -2.01. The molecule has 152 valence electrons. The van der Waals surface area contributed by atoms with Gasteiger partial charge in [0.05, 0.1) is 0 Å². The summed E-state index contributed by atoms with van der Waals surface area (Å²) in [5.74, 6) is -9.18. The van der Waals surface area contributed by atoms with Crippen molar-refractivity contribution in [3.05, 3.63) is 11.3 Å². The van der Waals surface area contributed by atoms with Crippen LogP contribution in [0.5, 0.6) is 5.88 Å². The standard InChI is InChI=1S/C15H16F7N3O2/c16-13(17)2-1-7(3-13)6-25-10(11(23)26)9(15(20,21)22)12(24-25)27-8-4-14(18,19)5-8/h7-8H,1-6H2,(H2,23,26). The van der Waals surface area contributed by atoms with Crippen LogP contribution in [0.1, 0.15) is 48.2 Å². The number of nitrogens with zero attached hydrogens (tertiary/aromatic N) is 2. The Kier molecular flexibility index (Phi) is 4.58. The minimum absolute atomic E-state index is 0.0391. The van der Waals surface area contributed by atoms with Crippen molar-refractivity contribution in [1.82, 2.24) is 9.78 Å². The average Bonchev–Trinajstić information content (AvgIpc) is 2.97. The molecule has 27 heavy (non-hydrogen) atoms. The first-order valence-electron chi connectivity index (χ1n) is 8.17. The second-order valence-corrected chi connectivity index (χ2v) is 7.04. The van der Waals surface area contributed by atoms with Gasteiger partial charge < -0.3 is 10.5 Å². The fourth-order valence-electron chi connectivity index (χ4n) is 3.45. The SMILES string of the molecule is NC(=O)c1c(C(F)(F)F)c(OC2CC(F)(F)C2)nn1CC1CCC(F)(F)C1. The molecule has 2 aliphatic rings. The van der Waals surface area contributed by atoms with Gasteiger partial charge in [-0.2, -0.15) is 13.2 Å². The van der Waals surface area contributed by atoms with Gasteiger partial charge >= 0.3 is 6.18 Å². The van der Waals surface area contributed by atoms with E-state index in [0.29, 0.717) is 4.68 Å². The molecule has 1 amide bonds. The Bertz CT molecular complexity index is 737. The lowest BCUT2D eigenvalue weighted by Gasteiger charge is -2.34. The lowest BCUT2D eigenvalue weighted by Crippen LogP contribution is -2.43. The Balaban J connectivity index is 1.92. The summed E-state index contributed by atoms with van der Waals surface area (Å²) in [5.41, 5.74) is 2.45. The lowest BCUT2D eigenvalue weighted by atomic mass is 9.91. The van der Waals surface area contributed by atoms with Crippen LogP contribution in [0.4, 0.5) is 30.7 Å². The molecular weight excluding hydrogens is 387 g/mol. The van der Waals surface area contributed by atoms with E-state index in [1.165, 1.54) is 0 Å². The molecule has 1 atom stereocenters. The maximum Gasteiger partial charge on any atom is 0.423 e. The van der Waals surface area contributed by atoms with Gasteiger partial charge in [0.1, 0.15) is 17.4 Å². The Morgan fingerprint density at radius 2 is 1.81 bits per heavy atom. The third-order valence-corrected chi connectivity index (χ3v) is 4.70. The van der Waals surface area contributed by atoms with E-state index in [-0.39, 0.29) is 13.0 Å². The number of carbonyl (C=O) groups excluding carboxylic acids is 1. The summed E-state index contributed by atoms with van der Waals surface area (Å²) >= 11 is 0. The smallest absolute Gasteiger partial charge is 0.423 e. The molecule has 0 aliphatic heterocycles. The van der Waals surface area contributed by atoms with Crippen LogP contribution in [0, 0.1) is 5.92 Å². The maximum atomic E-state index is 13.4. The highest BCUT2D eigenvalue weighted by Gasteiger charge is 2.50. The van der Waals surface area contributed by atoms with E-state index in [2.05, 4.69) is 5.10 Å². The molecule has 1 unspecified atom stereocenters. The van der Waals surface area contributed by atoms with Gasteiger partial charge in [-0.15, -0.1) is 5.10 Å². The Morgan fingerprint density at radius 3 is 2.26 bits per heavy atom. The van der Waals surface area contributed by atoms with Crippen molar-refractivity contribution in [2.45, 2.75) is 62.8 Å². The molecule has 1 aromatic rings. The summed E-state index contributed by atoms with van der Waals surface area (Å²) in [6.45, 7) is -0.388. The number of rotatable bonds is 5. The fraction of sp³-hybridized carbons (Fsp3) is 0.733. The zero-order chi connectivity index (χ0) is 20.2. The van der Waals surface area contributed by atoms with Gasteiger partial charge in [0.2, 0.25) is 11.8 Å². The molecule has 0 spiro atoms. The molecule has 12 heteroatoms. The lowest BCUT2D eigenvalue weighted by molar-refractivity contribution is -0.148. The number of amides is 1. The fourth-order valence-corrected chi connectivity index (χ4v) is 3.45. The first kappa shape index (κ1) is 19.7. The highest BCUT2D eigenvalue weighted by atomic mass is 19.4. The van der Waals surface area contributed by atoms with Crippen LogP contribution in [-0.4, -0.2) is 33.6 Å². The van der Waals surface area contributed by atoms with Crippen molar-refractivity contribution in [3.8, 4) is 5.88 Å². The molecule has 0 radical (unpaired) electrons. The van der Waals surface area contributed by atoms with Crippen molar-refractivity contribution in [3.63, 3.8) is 0 Å². The van der Waals surface area contributed by atoms with Gasteiger partial charge in [0.25, 0.3) is 11.8 Å². The summed E-state index contributed by atoms with van der Waals surface area (Å²) in [6, 6.07) is 0. The van der Waals surface area contributed by atoms with Crippen molar-refractivity contribution in [2.24, 2.45) is 11.7 Å². The van der Waals surface area contributed by atoms with Crippen LogP contribution in [0.15, 0.2) is 0 Å². The normalized spacial score (nSPS) is 24.6. The molecule has 1 aromatic heterocycles. The number of carbonyl (C=O) groups is 1. The average molecular weight is 403 g/mol. The molecule has 0 aromatic carbocycles. The van der Waals surface area contributed by atoms with Gasteiger partial charge in [-0.1, -0.05) is 0 Å². The largest absolute Gasteiger partial charge is 0.472 e. The number of hydrogen-bond donors (Lipinski definition) is 1. The summed E-state index contributed by atoms with van der Waals surface area (Å²) in [4.78, 5) is 11.6. The Labute approximate surface area is 148 Å². The second-order valence-electron chi connectivity index (χ2n) is 7.04. The molecule has 5 nitrogen and oxygen atoms in total. The zero-order valence-electron chi connectivity index (χ0n) is 13.8. The van der Waals surface area contributed by atoms with Gasteiger partial charge in [-0.3, -0.25) is 9.48 Å². The number of aromatic nitrogens is 2. The topological polar surface area (TPSA) is 70.1 Å². The third kappa shape index (κ3) is 4.13. The first-order chi connectivity index (χ1) is 12.3. The number of halogens is 7. The monoisotopic (exact) mass is 403 g/mol. The summed E-state index contributed by atoms with van der Waals surface area (Å²) in [5, 5.41) is 3.56. The predicted molar refractivity (Wildman–Crippen MR) is 76.6 cm³/mol. The van der Waals surface area contributed by atoms with Crippen LogP contribution in [0.25, 0.3) is 0 Å². The quantitative estimate of drug-likeness (QED) is 0.764. The molecule has 2 aliphatic carbocycles. The number of nitrogens with two attached hydrogens (primary N) is 1. The van der Waals surface area contributed by atoms with E-state index in [1.54, 1.807) is 0 Å². The van der Waals surface area contributed by atoms with Crippen LogP contribution in [0.2, 0.25) is 0 Å². The van der Waals surface area contributed by atoms with Crippen LogP contribution in [-0.2, 0) is 12.7 Å². The van der Waals surface area contributed by atoms with Crippen molar-refractivity contribution in [2.75, 3.05) is 0 Å². The van der Waals surface area contributed by atoms with Gasteiger partial charge in [0.15, 0.2) is 0 Å². The molecule has 0 bridgehead atoms. The zero-order valence-corrected chi connectivity index (χ0v) is 13.8. The predicted octanol–water partition coefficient (Wildman–Crippen LogP) is 3.61. The minimum Gasteiger partial charge on any atom is -0.472 e. The number of ether oxygens (including phenoxy) is 1. The minimum atomic E-state index is -5.09. The van der Waals surface area contributed by atoms with Crippen LogP contribution >= 0.6 is 0 Å². The van der Waals surface area contributed by atoms with E-state index >= 15 is 0 Å². The molecule has 1 heterocycles. The van der Waals surface area contributed by atoms with Crippen LogP contribution < -0.4 is 10.5 Å². The molecule has 3 rings (SSSR count). The number of alkyl halides is 7. The summed E-state index contributed by atoms with van der Waals surface area (Å²) in [6.07, 6.45) is -8.78. The van der Waals surface area contributed by atoms with E-state index in [1.807, 2.05) is 0 Å². The van der Waals surface area contributed by atoms with Gasteiger partial charge in [-0.05, 0) is 12.3 Å². The molecule has 0 saturated heterocycles. The van der Waals surface area contributed by atoms with E-state index in [9.17, 15) is 35.5 Å². The highest BCUT2D eigenvalue weighted by Crippen LogP contribution is 2.45. The van der Waals surface area contributed by atoms with Crippen molar-refractivity contribution >= 4 is 5.91 Å². The number of hydrogen-bond acceptors (Lipinski definition) is 3.